The molecule has 0 aromatic carbocycles. The zero-order valence-electron chi connectivity index (χ0n) is 11.3. The van der Waals surface area contributed by atoms with Crippen molar-refractivity contribution < 1.29 is 9.90 Å². The number of nitrogens with zero attached hydrogens (tertiary/aromatic N) is 3. The molecule has 0 spiro atoms. The monoisotopic (exact) mass is 261 g/mol. The minimum absolute atomic E-state index is 0.0181. The standard InChI is InChI=1S/C14H19N3O2/c1-9-5-12(18)13(15-6-9)14(19)17-7-10-3-4-16(2)11(10)8-17/h5-6,10-11,18H,3-4,7-8H2,1-2H3/t10-,11+/m1/s1. The number of likely N-dealkylation sites (N-methyl/N-ethyl adjacent to an activating group) is 1. The lowest BCUT2D eigenvalue weighted by molar-refractivity contribution is 0.0765. The Hall–Kier alpha value is -1.62. The van der Waals surface area contributed by atoms with Crippen molar-refractivity contribution >= 4 is 5.91 Å². The molecular formula is C14H19N3O2. The van der Waals surface area contributed by atoms with Crippen LogP contribution in [0.1, 0.15) is 22.5 Å². The van der Waals surface area contributed by atoms with Gasteiger partial charge in [0.05, 0.1) is 0 Å². The highest BCUT2D eigenvalue weighted by molar-refractivity contribution is 5.95. The summed E-state index contributed by atoms with van der Waals surface area (Å²) in [6, 6.07) is 2.06. The molecule has 1 amide bonds. The second-order valence-corrected chi connectivity index (χ2v) is 5.69. The zero-order valence-corrected chi connectivity index (χ0v) is 11.3. The van der Waals surface area contributed by atoms with Crippen LogP contribution in [0.2, 0.25) is 0 Å². The first-order chi connectivity index (χ1) is 9.06. The fourth-order valence-corrected chi connectivity index (χ4v) is 3.21. The van der Waals surface area contributed by atoms with E-state index in [1.807, 2.05) is 11.8 Å². The second kappa shape index (κ2) is 4.49. The number of pyridine rings is 1. The van der Waals surface area contributed by atoms with Gasteiger partial charge in [0.2, 0.25) is 0 Å². The molecule has 0 unspecified atom stereocenters. The Kier molecular flexibility index (Phi) is 2.93. The minimum Gasteiger partial charge on any atom is -0.505 e. The smallest absolute Gasteiger partial charge is 0.276 e. The zero-order chi connectivity index (χ0) is 13.6. The maximum absolute atomic E-state index is 12.4. The largest absolute Gasteiger partial charge is 0.505 e. The first-order valence-electron chi connectivity index (χ1n) is 6.71. The summed E-state index contributed by atoms with van der Waals surface area (Å²) >= 11 is 0. The van der Waals surface area contributed by atoms with E-state index in [1.165, 1.54) is 0 Å². The number of carbonyl (C=O) groups is 1. The third-order valence-corrected chi connectivity index (χ3v) is 4.32. The van der Waals surface area contributed by atoms with Crippen molar-refractivity contribution in [1.82, 2.24) is 14.8 Å². The molecule has 2 atom stereocenters. The van der Waals surface area contributed by atoms with E-state index in [4.69, 9.17) is 0 Å². The first kappa shape index (κ1) is 12.4. The molecule has 1 N–H and O–H groups in total. The molecule has 2 fully saturated rings. The summed E-state index contributed by atoms with van der Waals surface area (Å²) in [5.41, 5.74) is 1.03. The lowest BCUT2D eigenvalue weighted by Crippen LogP contribution is -2.35. The molecule has 5 heteroatoms. The number of rotatable bonds is 1. The third kappa shape index (κ3) is 2.08. The van der Waals surface area contributed by atoms with E-state index in [-0.39, 0.29) is 17.4 Å². The Morgan fingerprint density at radius 1 is 1.47 bits per heavy atom. The highest BCUT2D eigenvalue weighted by Crippen LogP contribution is 2.31. The van der Waals surface area contributed by atoms with Crippen LogP contribution in [0.4, 0.5) is 0 Å². The lowest BCUT2D eigenvalue weighted by atomic mass is 10.1. The van der Waals surface area contributed by atoms with Gasteiger partial charge in [0.25, 0.3) is 5.91 Å². The van der Waals surface area contributed by atoms with Gasteiger partial charge in [-0.05, 0) is 44.5 Å². The summed E-state index contributed by atoms with van der Waals surface area (Å²) in [5, 5.41) is 9.86. The molecule has 0 bridgehead atoms. The number of fused-ring (bicyclic) bond motifs is 1. The number of carbonyl (C=O) groups excluding carboxylic acids is 1. The van der Waals surface area contributed by atoms with E-state index in [9.17, 15) is 9.90 Å². The number of hydrogen-bond acceptors (Lipinski definition) is 4. The maximum Gasteiger partial charge on any atom is 0.276 e. The van der Waals surface area contributed by atoms with E-state index in [1.54, 1.807) is 12.3 Å². The molecule has 2 aliphatic heterocycles. The second-order valence-electron chi connectivity index (χ2n) is 5.69. The summed E-state index contributed by atoms with van der Waals surface area (Å²) in [6.07, 6.45) is 2.77. The summed E-state index contributed by atoms with van der Waals surface area (Å²) < 4.78 is 0. The Morgan fingerprint density at radius 2 is 2.26 bits per heavy atom. The molecule has 3 heterocycles. The van der Waals surface area contributed by atoms with Gasteiger partial charge in [-0.2, -0.15) is 0 Å². The van der Waals surface area contributed by atoms with Gasteiger partial charge in [-0.3, -0.25) is 4.79 Å². The maximum atomic E-state index is 12.4. The predicted octanol–water partition coefficient (Wildman–Crippen LogP) is 0.872. The van der Waals surface area contributed by atoms with Crippen molar-refractivity contribution in [2.24, 2.45) is 5.92 Å². The number of aromatic hydroxyl groups is 1. The SMILES string of the molecule is Cc1cnc(C(=O)N2C[C@H]3CCN(C)[C@H]3C2)c(O)c1. The molecule has 3 rings (SSSR count). The van der Waals surface area contributed by atoms with E-state index >= 15 is 0 Å². The highest BCUT2D eigenvalue weighted by Gasteiger charge is 2.41. The Morgan fingerprint density at radius 3 is 2.95 bits per heavy atom. The molecule has 0 saturated carbocycles. The van der Waals surface area contributed by atoms with Gasteiger partial charge in [0.15, 0.2) is 5.69 Å². The average molecular weight is 261 g/mol. The predicted molar refractivity (Wildman–Crippen MR) is 71.1 cm³/mol. The Bertz CT molecular complexity index is 517. The van der Waals surface area contributed by atoms with Crippen molar-refractivity contribution in [2.45, 2.75) is 19.4 Å². The van der Waals surface area contributed by atoms with Crippen LogP contribution in [-0.2, 0) is 0 Å². The van der Waals surface area contributed by atoms with E-state index in [2.05, 4.69) is 16.9 Å². The molecule has 5 nitrogen and oxygen atoms in total. The summed E-state index contributed by atoms with van der Waals surface area (Å²) in [7, 11) is 2.11. The molecule has 2 saturated heterocycles. The fourth-order valence-electron chi connectivity index (χ4n) is 3.21. The van der Waals surface area contributed by atoms with Gasteiger partial charge < -0.3 is 14.9 Å². The normalized spacial score (nSPS) is 26.7. The van der Waals surface area contributed by atoms with E-state index in [0.717, 1.165) is 31.6 Å². The molecule has 19 heavy (non-hydrogen) atoms. The van der Waals surface area contributed by atoms with Gasteiger partial charge in [0, 0.05) is 25.3 Å². The average Bonchev–Trinajstić information content (AvgIpc) is 2.91. The Balaban J connectivity index is 1.78. The van der Waals surface area contributed by atoms with Crippen LogP contribution < -0.4 is 0 Å². The quantitative estimate of drug-likeness (QED) is 0.815. The van der Waals surface area contributed by atoms with Gasteiger partial charge in [-0.1, -0.05) is 0 Å². The number of aryl methyl sites for hydroxylation is 1. The van der Waals surface area contributed by atoms with Gasteiger partial charge in [-0.15, -0.1) is 0 Å². The van der Waals surface area contributed by atoms with Crippen LogP contribution in [0.5, 0.6) is 5.75 Å². The lowest BCUT2D eigenvalue weighted by Gasteiger charge is -2.20. The van der Waals surface area contributed by atoms with Gasteiger partial charge in [0.1, 0.15) is 5.75 Å². The first-order valence-corrected chi connectivity index (χ1v) is 6.71. The van der Waals surface area contributed by atoms with Crippen LogP contribution >= 0.6 is 0 Å². The van der Waals surface area contributed by atoms with E-state index in [0.29, 0.717) is 12.0 Å². The summed E-state index contributed by atoms with van der Waals surface area (Å²) in [4.78, 5) is 20.6. The van der Waals surface area contributed by atoms with Crippen LogP contribution in [0.15, 0.2) is 12.3 Å². The van der Waals surface area contributed by atoms with E-state index < -0.39 is 0 Å². The van der Waals surface area contributed by atoms with Crippen molar-refractivity contribution in [3.63, 3.8) is 0 Å². The van der Waals surface area contributed by atoms with Crippen LogP contribution in [0.25, 0.3) is 0 Å². The molecule has 0 aliphatic carbocycles. The molecule has 2 aliphatic rings. The molecule has 1 aromatic heterocycles. The highest BCUT2D eigenvalue weighted by atomic mass is 16.3. The van der Waals surface area contributed by atoms with Crippen molar-refractivity contribution in [3.05, 3.63) is 23.5 Å². The fraction of sp³-hybridized carbons (Fsp3) is 0.571. The van der Waals surface area contributed by atoms with Crippen molar-refractivity contribution in [3.8, 4) is 5.75 Å². The minimum atomic E-state index is -0.152. The number of hydrogen-bond donors (Lipinski definition) is 1. The van der Waals surface area contributed by atoms with Gasteiger partial charge in [-0.25, -0.2) is 4.98 Å². The summed E-state index contributed by atoms with van der Waals surface area (Å²) in [6.45, 7) is 4.49. The third-order valence-electron chi connectivity index (χ3n) is 4.32. The molecule has 0 radical (unpaired) electrons. The topological polar surface area (TPSA) is 56.7 Å². The molecule has 1 aromatic rings. The van der Waals surface area contributed by atoms with Crippen LogP contribution in [0.3, 0.4) is 0 Å². The van der Waals surface area contributed by atoms with Crippen LogP contribution in [0, 0.1) is 12.8 Å². The van der Waals surface area contributed by atoms with Crippen LogP contribution in [-0.4, -0.2) is 58.5 Å². The molecule has 102 valence electrons. The molecular weight excluding hydrogens is 242 g/mol. The van der Waals surface area contributed by atoms with Gasteiger partial charge >= 0.3 is 0 Å². The van der Waals surface area contributed by atoms with Crippen molar-refractivity contribution in [1.29, 1.82) is 0 Å². The summed E-state index contributed by atoms with van der Waals surface area (Å²) in [5.74, 6) is 0.400. The number of aromatic nitrogens is 1. The number of amides is 1. The number of likely N-dealkylation sites (tertiary alicyclic amines) is 2. The van der Waals surface area contributed by atoms with Crippen molar-refractivity contribution in [2.75, 3.05) is 26.7 Å². The Labute approximate surface area is 112 Å².